The third kappa shape index (κ3) is 12.7. The van der Waals surface area contributed by atoms with Crippen molar-refractivity contribution in [2.45, 2.75) is 134 Å². The van der Waals surface area contributed by atoms with Crippen LogP contribution in [0.4, 0.5) is 4.79 Å². The lowest BCUT2D eigenvalue weighted by molar-refractivity contribution is -0.208. The second kappa shape index (κ2) is 20.8. The molecular weight excluding hydrogens is 703 g/mol. The first kappa shape index (κ1) is 43.0. The van der Waals surface area contributed by atoms with Crippen LogP contribution in [0.3, 0.4) is 0 Å². The van der Waals surface area contributed by atoms with Gasteiger partial charge in [-0.05, 0) is 53.9 Å². The van der Waals surface area contributed by atoms with E-state index in [1.165, 1.54) is 36.1 Å². The van der Waals surface area contributed by atoms with Crippen LogP contribution >= 0.6 is 11.8 Å². The van der Waals surface area contributed by atoms with Crippen LogP contribution in [0.15, 0.2) is 91.0 Å². The van der Waals surface area contributed by atoms with E-state index in [0.717, 1.165) is 24.2 Å². The highest BCUT2D eigenvalue weighted by atomic mass is 32.2. The normalized spacial score (nSPS) is 20.9. The molecule has 1 fully saturated rings. The maximum absolute atomic E-state index is 13.2. The van der Waals surface area contributed by atoms with E-state index in [0.29, 0.717) is 6.61 Å². The van der Waals surface area contributed by atoms with Gasteiger partial charge in [-0.25, -0.2) is 4.79 Å². The first-order chi connectivity index (χ1) is 25.4. The predicted molar refractivity (Wildman–Crippen MR) is 218 cm³/mol. The van der Waals surface area contributed by atoms with Crippen LogP contribution in [-0.4, -0.2) is 69.0 Å². The van der Waals surface area contributed by atoms with Crippen LogP contribution in [-0.2, 0) is 34.7 Å². The van der Waals surface area contributed by atoms with Crippen molar-refractivity contribution in [3.8, 4) is 0 Å². The Hall–Kier alpha value is -2.70. The fraction of sp³-hybridized carbons (Fsp3) is 0.558. The monoisotopic (exact) mass is 765 g/mol. The van der Waals surface area contributed by atoms with Crippen molar-refractivity contribution in [1.82, 2.24) is 0 Å². The summed E-state index contributed by atoms with van der Waals surface area (Å²) in [5.74, 6) is 0.833. The molecule has 1 aliphatic rings. The molecule has 53 heavy (non-hydrogen) atoms. The van der Waals surface area contributed by atoms with Gasteiger partial charge in [0.2, 0.25) is 0 Å². The number of unbranched alkanes of at least 4 members (excludes halogenated alkanes) is 5. The summed E-state index contributed by atoms with van der Waals surface area (Å²) in [5.41, 5.74) is 6.82. The summed E-state index contributed by atoms with van der Waals surface area (Å²) in [4.78, 5) is 13.2. The Labute approximate surface area is 323 Å². The Kier molecular flexibility index (Phi) is 16.9. The number of carbonyl (C=O) groups excluding carboxylic acids is 1. The van der Waals surface area contributed by atoms with Crippen LogP contribution in [0.2, 0.25) is 5.04 Å². The molecule has 0 radical (unpaired) electrons. The van der Waals surface area contributed by atoms with Gasteiger partial charge in [0.25, 0.3) is 8.32 Å². The Morgan fingerprint density at radius 2 is 1.36 bits per heavy atom. The van der Waals surface area contributed by atoms with Gasteiger partial charge < -0.3 is 33.8 Å². The molecule has 0 unspecified atom stereocenters. The number of thioether (sulfide) groups is 1. The zero-order valence-corrected chi connectivity index (χ0v) is 34.8. The SMILES string of the molecule is CCCCCCCCS[C@@H]1O[C@H](CO[Si](c2ccccc2)(c2ccccc2)C(C)(C)C)[C@H](N)[C@H](OCOCc2ccccc2)[C@H]1OC(=O)OC(C)(C)C. The minimum Gasteiger partial charge on any atom is -0.429 e. The van der Waals surface area contributed by atoms with Gasteiger partial charge in [-0.1, -0.05) is 151 Å². The maximum Gasteiger partial charge on any atom is 0.509 e. The Morgan fingerprint density at radius 3 is 1.92 bits per heavy atom. The second-order valence-electron chi connectivity index (χ2n) is 15.9. The van der Waals surface area contributed by atoms with Gasteiger partial charge in [0.05, 0.1) is 25.4 Å². The number of ether oxygens (including phenoxy) is 5. The third-order valence-electron chi connectivity index (χ3n) is 9.45. The highest BCUT2D eigenvalue weighted by Crippen LogP contribution is 2.38. The molecule has 1 heterocycles. The van der Waals surface area contributed by atoms with Gasteiger partial charge in [0.1, 0.15) is 23.9 Å². The first-order valence-electron chi connectivity index (χ1n) is 19.3. The van der Waals surface area contributed by atoms with E-state index < -0.39 is 49.9 Å². The average molecular weight is 766 g/mol. The van der Waals surface area contributed by atoms with Crippen molar-refractivity contribution in [1.29, 1.82) is 0 Å². The fourth-order valence-electron chi connectivity index (χ4n) is 6.84. The molecule has 292 valence electrons. The number of hydrogen-bond acceptors (Lipinski definition) is 9. The lowest BCUT2D eigenvalue weighted by Crippen LogP contribution is -2.69. The molecule has 0 aliphatic carbocycles. The molecule has 1 aliphatic heterocycles. The molecule has 10 heteroatoms. The zero-order valence-electron chi connectivity index (χ0n) is 33.0. The lowest BCUT2D eigenvalue weighted by Gasteiger charge is -2.47. The van der Waals surface area contributed by atoms with E-state index in [1.54, 1.807) is 11.8 Å². The molecule has 3 aromatic rings. The lowest BCUT2D eigenvalue weighted by atomic mass is 9.98. The first-order valence-corrected chi connectivity index (χ1v) is 22.2. The van der Waals surface area contributed by atoms with Crippen LogP contribution in [0.5, 0.6) is 0 Å². The second-order valence-corrected chi connectivity index (χ2v) is 21.4. The van der Waals surface area contributed by atoms with Gasteiger partial charge in [0, 0.05) is 0 Å². The van der Waals surface area contributed by atoms with Gasteiger partial charge in [-0.15, -0.1) is 11.8 Å². The van der Waals surface area contributed by atoms with Gasteiger partial charge >= 0.3 is 6.16 Å². The molecule has 5 atom stereocenters. The summed E-state index contributed by atoms with van der Waals surface area (Å²) < 4.78 is 38.3. The standard InChI is InChI=1S/C43H63NO7SSi/c1-8-9-10-11-12-22-29-52-40-39(50-41(45)51-42(2,3)4)38(47-32-46-30-33-23-16-13-17-24-33)37(44)36(49-40)31-48-53(43(5,6)7,34-25-18-14-19-26-34)35-27-20-15-21-28-35/h13-21,23-28,36-40H,8-12,22,29-32,44H2,1-7H3/t36-,37+,38+,39-,40+/m1/s1. The summed E-state index contributed by atoms with van der Waals surface area (Å²) in [6.45, 7) is 15.0. The molecule has 8 nitrogen and oxygen atoms in total. The van der Waals surface area contributed by atoms with Crippen molar-refractivity contribution in [3.05, 3.63) is 96.6 Å². The number of carbonyl (C=O) groups is 1. The van der Waals surface area contributed by atoms with E-state index in [2.05, 4.69) is 76.2 Å². The smallest absolute Gasteiger partial charge is 0.429 e. The quantitative estimate of drug-likeness (QED) is 0.0557. The Bertz CT molecular complexity index is 1430. The highest BCUT2D eigenvalue weighted by Gasteiger charge is 2.53. The van der Waals surface area contributed by atoms with E-state index >= 15 is 0 Å². The summed E-state index contributed by atoms with van der Waals surface area (Å²) in [5, 5.41) is 2.11. The summed E-state index contributed by atoms with van der Waals surface area (Å²) in [6, 6.07) is 30.3. The minimum atomic E-state index is -2.91. The summed E-state index contributed by atoms with van der Waals surface area (Å²) in [6.07, 6.45) is 4.11. The zero-order chi connectivity index (χ0) is 38.3. The Balaban J connectivity index is 1.63. The highest BCUT2D eigenvalue weighted by molar-refractivity contribution is 7.99. The number of rotatable bonds is 19. The Morgan fingerprint density at radius 1 is 0.792 bits per heavy atom. The minimum absolute atomic E-state index is 0.0431. The van der Waals surface area contributed by atoms with E-state index in [4.69, 9.17) is 33.8 Å². The largest absolute Gasteiger partial charge is 0.509 e. The average Bonchev–Trinajstić information content (AvgIpc) is 3.12. The molecule has 0 bridgehead atoms. The molecule has 0 aromatic heterocycles. The van der Waals surface area contributed by atoms with Crippen molar-refractivity contribution in [3.63, 3.8) is 0 Å². The fourth-order valence-corrected chi connectivity index (χ4v) is 12.6. The van der Waals surface area contributed by atoms with Crippen LogP contribution < -0.4 is 16.1 Å². The maximum atomic E-state index is 13.2. The molecule has 4 rings (SSSR count). The van der Waals surface area contributed by atoms with E-state index in [-0.39, 0.29) is 18.4 Å². The molecule has 2 N–H and O–H groups in total. The number of hydrogen-bond donors (Lipinski definition) is 1. The van der Waals surface area contributed by atoms with Crippen LogP contribution in [0.1, 0.15) is 92.6 Å². The molecule has 1 saturated heterocycles. The van der Waals surface area contributed by atoms with Gasteiger partial charge in [0.15, 0.2) is 6.10 Å². The molecule has 0 spiro atoms. The van der Waals surface area contributed by atoms with Crippen molar-refractivity contribution >= 4 is 36.6 Å². The van der Waals surface area contributed by atoms with Crippen molar-refractivity contribution in [2.24, 2.45) is 5.73 Å². The van der Waals surface area contributed by atoms with Crippen molar-refractivity contribution in [2.75, 3.05) is 19.2 Å². The topological polar surface area (TPSA) is 98.5 Å². The summed E-state index contributed by atoms with van der Waals surface area (Å²) >= 11 is 1.63. The molecular formula is C43H63NO7SSi. The van der Waals surface area contributed by atoms with E-state index in [9.17, 15) is 4.79 Å². The molecule has 3 aromatic carbocycles. The van der Waals surface area contributed by atoms with Gasteiger partial charge in [-0.2, -0.15) is 0 Å². The van der Waals surface area contributed by atoms with Crippen LogP contribution in [0, 0.1) is 0 Å². The van der Waals surface area contributed by atoms with Crippen LogP contribution in [0.25, 0.3) is 0 Å². The van der Waals surface area contributed by atoms with Crippen molar-refractivity contribution < 1.29 is 32.9 Å². The van der Waals surface area contributed by atoms with Gasteiger partial charge in [-0.3, -0.25) is 0 Å². The molecule has 0 saturated carbocycles. The third-order valence-corrected chi connectivity index (χ3v) is 15.7. The summed E-state index contributed by atoms with van der Waals surface area (Å²) in [7, 11) is -2.91. The number of benzene rings is 3. The van der Waals surface area contributed by atoms with E-state index in [1.807, 2.05) is 63.2 Å². The number of nitrogens with two attached hydrogens (primary N) is 1. The molecule has 0 amide bonds. The predicted octanol–water partition coefficient (Wildman–Crippen LogP) is 8.59.